The molecule has 1 aliphatic heterocycles. The fraction of sp³-hybridized carbons (Fsp3) is 0.304. The van der Waals surface area contributed by atoms with Gasteiger partial charge in [-0.1, -0.05) is 24.3 Å². The molecule has 0 aliphatic carbocycles. The average Bonchev–Trinajstić information content (AvgIpc) is 3.47. The highest BCUT2D eigenvalue weighted by molar-refractivity contribution is 7.09. The van der Waals surface area contributed by atoms with E-state index in [0.29, 0.717) is 18.7 Å². The maximum atomic E-state index is 13.2. The molecular formula is C23H25N3O2S. The van der Waals surface area contributed by atoms with Crippen molar-refractivity contribution in [3.8, 4) is 0 Å². The minimum absolute atomic E-state index is 0.00434. The van der Waals surface area contributed by atoms with Crippen molar-refractivity contribution >= 4 is 28.7 Å². The van der Waals surface area contributed by atoms with Gasteiger partial charge >= 0.3 is 0 Å². The molecular weight excluding hydrogens is 382 g/mol. The first-order valence-electron chi connectivity index (χ1n) is 9.89. The first-order chi connectivity index (χ1) is 14.2. The maximum absolute atomic E-state index is 13.2. The van der Waals surface area contributed by atoms with Crippen LogP contribution in [0.4, 0.5) is 11.5 Å². The smallest absolute Gasteiger partial charge is 0.255 e. The molecule has 29 heavy (non-hydrogen) atoms. The zero-order valence-electron chi connectivity index (χ0n) is 16.5. The number of ether oxygens (including phenoxy) is 1. The highest BCUT2D eigenvalue weighted by atomic mass is 32.1. The maximum Gasteiger partial charge on any atom is 0.255 e. The van der Waals surface area contributed by atoms with E-state index in [9.17, 15) is 4.79 Å². The number of thiophene rings is 1. The summed E-state index contributed by atoms with van der Waals surface area (Å²) in [7, 11) is 1.97. The van der Waals surface area contributed by atoms with E-state index in [0.717, 1.165) is 31.0 Å². The topological polar surface area (TPSA) is 45.7 Å². The minimum Gasteiger partial charge on any atom is -0.376 e. The number of carbonyl (C=O) groups excluding carboxylic acids is 1. The predicted molar refractivity (Wildman–Crippen MR) is 117 cm³/mol. The van der Waals surface area contributed by atoms with Crippen LogP contribution in [-0.4, -0.2) is 42.1 Å². The van der Waals surface area contributed by atoms with Crippen molar-refractivity contribution in [2.24, 2.45) is 0 Å². The Bertz CT molecular complexity index is 907. The molecule has 2 aromatic heterocycles. The van der Waals surface area contributed by atoms with Crippen LogP contribution in [0.2, 0.25) is 0 Å². The summed E-state index contributed by atoms with van der Waals surface area (Å²) in [5.74, 6) is 0.798. The highest BCUT2D eigenvalue weighted by Crippen LogP contribution is 2.23. The summed E-state index contributed by atoms with van der Waals surface area (Å²) in [6, 6.07) is 17.9. The molecule has 6 heteroatoms. The van der Waals surface area contributed by atoms with Crippen LogP contribution in [0.1, 0.15) is 28.1 Å². The Labute approximate surface area is 175 Å². The van der Waals surface area contributed by atoms with Gasteiger partial charge < -0.3 is 14.5 Å². The lowest BCUT2D eigenvalue weighted by Gasteiger charge is -2.25. The third-order valence-corrected chi connectivity index (χ3v) is 6.01. The van der Waals surface area contributed by atoms with Crippen LogP contribution >= 0.6 is 11.3 Å². The second kappa shape index (κ2) is 9.20. The van der Waals surface area contributed by atoms with Gasteiger partial charge in [0.2, 0.25) is 0 Å². The molecule has 4 rings (SSSR count). The second-order valence-electron chi connectivity index (χ2n) is 7.20. The van der Waals surface area contributed by atoms with E-state index >= 15 is 0 Å². The summed E-state index contributed by atoms with van der Waals surface area (Å²) < 4.78 is 5.78. The number of para-hydroxylation sites is 1. The summed E-state index contributed by atoms with van der Waals surface area (Å²) in [5.41, 5.74) is 1.65. The van der Waals surface area contributed by atoms with Crippen molar-refractivity contribution in [3.63, 3.8) is 0 Å². The summed E-state index contributed by atoms with van der Waals surface area (Å²) in [4.78, 5) is 22.8. The Hall–Kier alpha value is -2.70. The van der Waals surface area contributed by atoms with Gasteiger partial charge in [-0.25, -0.2) is 4.98 Å². The molecule has 0 saturated carbocycles. The average molecular weight is 408 g/mol. The number of amides is 1. The Balaban J connectivity index is 1.50. The molecule has 1 unspecified atom stereocenters. The van der Waals surface area contributed by atoms with E-state index in [-0.39, 0.29) is 12.0 Å². The quantitative estimate of drug-likeness (QED) is 0.568. The molecule has 0 radical (unpaired) electrons. The molecule has 1 amide bonds. The Morgan fingerprint density at radius 3 is 2.69 bits per heavy atom. The van der Waals surface area contributed by atoms with E-state index in [1.54, 1.807) is 17.5 Å². The van der Waals surface area contributed by atoms with Crippen LogP contribution in [0.25, 0.3) is 0 Å². The number of carbonyl (C=O) groups is 1. The van der Waals surface area contributed by atoms with Gasteiger partial charge in [0.1, 0.15) is 5.82 Å². The van der Waals surface area contributed by atoms with Crippen molar-refractivity contribution < 1.29 is 9.53 Å². The number of hydrogen-bond donors (Lipinski definition) is 0. The lowest BCUT2D eigenvalue weighted by atomic mass is 10.2. The Morgan fingerprint density at radius 2 is 2.03 bits per heavy atom. The molecule has 150 valence electrons. The second-order valence-corrected chi connectivity index (χ2v) is 8.23. The van der Waals surface area contributed by atoms with E-state index in [4.69, 9.17) is 4.74 Å². The number of nitrogens with zero attached hydrogens (tertiary/aromatic N) is 3. The fourth-order valence-electron chi connectivity index (χ4n) is 3.52. The van der Waals surface area contributed by atoms with Gasteiger partial charge in [-0.05, 0) is 48.6 Å². The SMILES string of the molecule is CN(c1ccccc1)c1ccc(C(=O)N(Cc2cccs2)CC2CCCO2)cn1. The van der Waals surface area contributed by atoms with Crippen LogP contribution in [0.5, 0.6) is 0 Å². The van der Waals surface area contributed by atoms with Crippen LogP contribution in [0.3, 0.4) is 0 Å². The van der Waals surface area contributed by atoms with Gasteiger partial charge in [0.15, 0.2) is 0 Å². The van der Waals surface area contributed by atoms with Gasteiger partial charge in [0.05, 0.1) is 18.2 Å². The first-order valence-corrected chi connectivity index (χ1v) is 10.8. The molecule has 1 aliphatic rings. The largest absolute Gasteiger partial charge is 0.376 e. The highest BCUT2D eigenvalue weighted by Gasteiger charge is 2.24. The number of aromatic nitrogens is 1. The van der Waals surface area contributed by atoms with Crippen molar-refractivity contribution in [2.75, 3.05) is 25.1 Å². The van der Waals surface area contributed by atoms with Gasteiger partial charge in [-0.3, -0.25) is 4.79 Å². The Kier molecular flexibility index (Phi) is 6.22. The molecule has 0 N–H and O–H groups in total. The normalized spacial score (nSPS) is 16.0. The number of pyridine rings is 1. The van der Waals surface area contributed by atoms with Gasteiger partial charge in [-0.2, -0.15) is 0 Å². The lowest BCUT2D eigenvalue weighted by Crippen LogP contribution is -2.36. The number of hydrogen-bond acceptors (Lipinski definition) is 5. The molecule has 3 heterocycles. The summed E-state index contributed by atoms with van der Waals surface area (Å²) in [6.45, 7) is 2.00. The van der Waals surface area contributed by atoms with Crippen molar-refractivity contribution in [1.82, 2.24) is 9.88 Å². The third kappa shape index (κ3) is 4.83. The van der Waals surface area contributed by atoms with Crippen LogP contribution < -0.4 is 4.90 Å². The fourth-order valence-corrected chi connectivity index (χ4v) is 4.24. The molecule has 0 bridgehead atoms. The van der Waals surface area contributed by atoms with E-state index in [1.165, 1.54) is 4.88 Å². The van der Waals surface area contributed by atoms with Crippen LogP contribution in [0.15, 0.2) is 66.2 Å². The van der Waals surface area contributed by atoms with Crippen molar-refractivity contribution in [2.45, 2.75) is 25.5 Å². The molecule has 1 aromatic carbocycles. The predicted octanol–water partition coefficient (Wildman–Crippen LogP) is 4.73. The van der Waals surface area contributed by atoms with Crippen LogP contribution in [-0.2, 0) is 11.3 Å². The van der Waals surface area contributed by atoms with Gasteiger partial charge in [0, 0.05) is 37.0 Å². The molecule has 3 aromatic rings. The van der Waals surface area contributed by atoms with E-state index in [1.807, 2.05) is 70.8 Å². The Morgan fingerprint density at radius 1 is 1.17 bits per heavy atom. The summed E-state index contributed by atoms with van der Waals surface area (Å²) in [5, 5.41) is 2.04. The zero-order chi connectivity index (χ0) is 20.1. The van der Waals surface area contributed by atoms with Crippen molar-refractivity contribution in [1.29, 1.82) is 0 Å². The van der Waals surface area contributed by atoms with Gasteiger partial charge in [0.25, 0.3) is 5.91 Å². The number of benzene rings is 1. The summed E-state index contributed by atoms with van der Waals surface area (Å²) >= 11 is 1.67. The number of anilines is 2. The number of rotatable bonds is 7. The van der Waals surface area contributed by atoms with E-state index < -0.39 is 0 Å². The molecule has 1 atom stereocenters. The van der Waals surface area contributed by atoms with Crippen LogP contribution in [0, 0.1) is 0 Å². The summed E-state index contributed by atoms with van der Waals surface area (Å²) in [6.07, 6.45) is 3.87. The molecule has 0 spiro atoms. The molecule has 1 saturated heterocycles. The van der Waals surface area contributed by atoms with Crippen molar-refractivity contribution in [3.05, 3.63) is 76.6 Å². The first kappa shape index (κ1) is 19.6. The third-order valence-electron chi connectivity index (χ3n) is 5.14. The lowest BCUT2D eigenvalue weighted by molar-refractivity contribution is 0.0509. The minimum atomic E-state index is -0.00434. The van der Waals surface area contributed by atoms with E-state index in [2.05, 4.69) is 11.1 Å². The van der Waals surface area contributed by atoms with Gasteiger partial charge in [-0.15, -0.1) is 11.3 Å². The molecule has 5 nitrogen and oxygen atoms in total. The monoisotopic (exact) mass is 407 g/mol. The standard InChI is InChI=1S/C23H25N3O2S/c1-25(19-7-3-2-4-8-19)22-12-11-18(15-24-22)23(27)26(16-20-9-5-13-28-20)17-21-10-6-14-29-21/h2-4,6-8,10-12,14-15,20H,5,9,13,16-17H2,1H3. The molecule has 1 fully saturated rings. The zero-order valence-corrected chi connectivity index (χ0v) is 17.3.